The number of rotatable bonds is 6. The summed E-state index contributed by atoms with van der Waals surface area (Å²) >= 11 is 0. The lowest BCUT2D eigenvalue weighted by atomic mass is 10.2. The van der Waals surface area contributed by atoms with E-state index >= 15 is 0 Å². The average Bonchev–Trinajstić information content (AvgIpc) is 2.67. The number of likely N-dealkylation sites (N-methyl/N-ethyl adjacent to an activating group) is 1. The minimum absolute atomic E-state index is 0.580. The van der Waals surface area contributed by atoms with Crippen LogP contribution in [0.25, 0.3) is 0 Å². The van der Waals surface area contributed by atoms with Crippen LogP contribution in [0.5, 0.6) is 0 Å². The summed E-state index contributed by atoms with van der Waals surface area (Å²) in [5.41, 5.74) is 3.40. The number of nitrogens with zero attached hydrogens (tertiary/aromatic N) is 5. The second-order valence-corrected chi connectivity index (χ2v) is 6.00. The van der Waals surface area contributed by atoms with Gasteiger partial charge in [0.2, 0.25) is 5.95 Å². The van der Waals surface area contributed by atoms with Gasteiger partial charge in [-0.1, -0.05) is 12.1 Å². The number of hydrogen-bond donors (Lipinski definition) is 1. The van der Waals surface area contributed by atoms with E-state index in [4.69, 9.17) is 0 Å². The lowest BCUT2D eigenvalue weighted by Crippen LogP contribution is -2.23. The summed E-state index contributed by atoms with van der Waals surface area (Å²) in [6.07, 6.45) is 4.48. The van der Waals surface area contributed by atoms with E-state index < -0.39 is 0 Å². The van der Waals surface area contributed by atoms with Crippen molar-refractivity contribution < 1.29 is 0 Å². The van der Waals surface area contributed by atoms with Crippen molar-refractivity contribution in [3.05, 3.63) is 71.7 Å². The molecule has 0 bridgehead atoms. The van der Waals surface area contributed by atoms with Gasteiger partial charge >= 0.3 is 0 Å². The molecule has 3 aromatic rings. The normalized spacial score (nSPS) is 10.2. The molecular formula is C20H20N6. The molecule has 0 saturated heterocycles. The third kappa shape index (κ3) is 4.33. The lowest BCUT2D eigenvalue weighted by molar-refractivity contribution is 0.833. The van der Waals surface area contributed by atoms with Crippen LogP contribution in [-0.2, 0) is 6.42 Å². The molecule has 0 atom stereocenters. The molecule has 0 spiro atoms. The zero-order valence-corrected chi connectivity index (χ0v) is 14.8. The number of aryl methyl sites for hydroxylation is 1. The van der Waals surface area contributed by atoms with E-state index in [1.165, 1.54) is 5.56 Å². The van der Waals surface area contributed by atoms with Gasteiger partial charge in [0.1, 0.15) is 11.9 Å². The van der Waals surface area contributed by atoms with Crippen molar-refractivity contribution in [2.24, 2.45) is 0 Å². The Balaban J connectivity index is 1.75. The summed E-state index contributed by atoms with van der Waals surface area (Å²) < 4.78 is 0. The van der Waals surface area contributed by atoms with E-state index in [1.54, 1.807) is 18.5 Å². The molecule has 0 saturated carbocycles. The molecule has 0 radical (unpaired) electrons. The average molecular weight is 344 g/mol. The molecule has 0 unspecified atom stereocenters. The number of pyridine rings is 1. The summed E-state index contributed by atoms with van der Waals surface area (Å²) in [4.78, 5) is 15.2. The molecule has 1 aromatic carbocycles. The van der Waals surface area contributed by atoms with Crippen LogP contribution in [0, 0.1) is 18.3 Å². The summed E-state index contributed by atoms with van der Waals surface area (Å²) in [5, 5.41) is 12.5. The van der Waals surface area contributed by atoms with E-state index in [2.05, 4.69) is 26.3 Å². The van der Waals surface area contributed by atoms with Crippen molar-refractivity contribution in [1.82, 2.24) is 15.0 Å². The maximum absolute atomic E-state index is 9.24. The van der Waals surface area contributed by atoms with Gasteiger partial charge in [-0.2, -0.15) is 10.2 Å². The van der Waals surface area contributed by atoms with Crippen molar-refractivity contribution >= 4 is 17.5 Å². The molecule has 0 fully saturated rings. The van der Waals surface area contributed by atoms with E-state index in [0.29, 0.717) is 17.3 Å². The first kappa shape index (κ1) is 17.4. The standard InChI is InChI=1S/C20H20N6/c1-15-13-19(24-18-6-4-3-5-17(18)14-21)25-20(23-15)26(2)12-9-16-7-10-22-11-8-16/h3-8,10-11,13H,9,12H2,1-2H3,(H,23,24,25). The number of hydrogen-bond acceptors (Lipinski definition) is 6. The van der Waals surface area contributed by atoms with Crippen LogP contribution in [0.1, 0.15) is 16.8 Å². The fraction of sp³-hybridized carbons (Fsp3) is 0.200. The Morgan fingerprint density at radius 3 is 2.65 bits per heavy atom. The smallest absolute Gasteiger partial charge is 0.227 e. The highest BCUT2D eigenvalue weighted by Gasteiger charge is 2.09. The number of nitriles is 1. The van der Waals surface area contributed by atoms with Crippen molar-refractivity contribution in [1.29, 1.82) is 5.26 Å². The van der Waals surface area contributed by atoms with E-state index in [0.717, 1.165) is 24.3 Å². The Kier molecular flexibility index (Phi) is 5.40. The number of anilines is 3. The monoisotopic (exact) mass is 344 g/mol. The number of para-hydroxylation sites is 1. The molecular weight excluding hydrogens is 324 g/mol. The fourth-order valence-corrected chi connectivity index (χ4v) is 2.56. The molecule has 0 aliphatic rings. The Morgan fingerprint density at radius 1 is 1.12 bits per heavy atom. The summed E-state index contributed by atoms with van der Waals surface area (Å²) in [6, 6.07) is 15.4. The van der Waals surface area contributed by atoms with Gasteiger partial charge in [-0.3, -0.25) is 4.98 Å². The largest absolute Gasteiger partial charge is 0.343 e. The second kappa shape index (κ2) is 8.08. The Morgan fingerprint density at radius 2 is 1.88 bits per heavy atom. The zero-order valence-electron chi connectivity index (χ0n) is 14.8. The van der Waals surface area contributed by atoms with Crippen molar-refractivity contribution in [3.8, 4) is 6.07 Å². The topological polar surface area (TPSA) is 77.7 Å². The van der Waals surface area contributed by atoms with Crippen LogP contribution in [-0.4, -0.2) is 28.5 Å². The number of nitrogens with one attached hydrogen (secondary N) is 1. The second-order valence-electron chi connectivity index (χ2n) is 6.00. The minimum atomic E-state index is 0.580. The first-order chi connectivity index (χ1) is 12.7. The van der Waals surface area contributed by atoms with Crippen LogP contribution in [0.4, 0.5) is 17.5 Å². The first-order valence-electron chi connectivity index (χ1n) is 8.37. The van der Waals surface area contributed by atoms with E-state index in [1.807, 2.05) is 55.3 Å². The minimum Gasteiger partial charge on any atom is -0.343 e. The summed E-state index contributed by atoms with van der Waals surface area (Å²) in [6.45, 7) is 2.73. The predicted octanol–water partition coefficient (Wildman–Crippen LogP) is 3.47. The first-order valence-corrected chi connectivity index (χ1v) is 8.37. The van der Waals surface area contributed by atoms with Crippen LogP contribution < -0.4 is 10.2 Å². The van der Waals surface area contributed by atoms with Crippen molar-refractivity contribution in [3.63, 3.8) is 0 Å². The van der Waals surface area contributed by atoms with E-state index in [9.17, 15) is 5.26 Å². The van der Waals surface area contributed by atoms with Crippen LogP contribution >= 0.6 is 0 Å². The molecule has 130 valence electrons. The van der Waals surface area contributed by atoms with Gasteiger partial charge in [0.05, 0.1) is 11.3 Å². The maximum Gasteiger partial charge on any atom is 0.227 e. The number of benzene rings is 1. The Bertz CT molecular complexity index is 917. The van der Waals surface area contributed by atoms with Gasteiger partial charge in [-0.15, -0.1) is 0 Å². The SMILES string of the molecule is Cc1cc(Nc2ccccc2C#N)nc(N(C)CCc2ccncc2)n1. The molecule has 0 amide bonds. The highest BCUT2D eigenvalue weighted by molar-refractivity contribution is 5.65. The number of aromatic nitrogens is 3. The fourth-order valence-electron chi connectivity index (χ4n) is 2.56. The third-order valence-corrected chi connectivity index (χ3v) is 3.98. The van der Waals surface area contributed by atoms with Gasteiger partial charge in [-0.25, -0.2) is 4.98 Å². The molecule has 1 N–H and O–H groups in total. The molecule has 0 aliphatic heterocycles. The predicted molar refractivity (Wildman–Crippen MR) is 102 cm³/mol. The van der Waals surface area contributed by atoms with E-state index in [-0.39, 0.29) is 0 Å². The highest BCUT2D eigenvalue weighted by atomic mass is 15.2. The molecule has 6 nitrogen and oxygen atoms in total. The van der Waals surface area contributed by atoms with Crippen molar-refractivity contribution in [2.75, 3.05) is 23.8 Å². The molecule has 3 rings (SSSR count). The summed E-state index contributed by atoms with van der Waals surface area (Å²) in [7, 11) is 1.98. The third-order valence-electron chi connectivity index (χ3n) is 3.98. The van der Waals surface area contributed by atoms with Crippen molar-refractivity contribution in [2.45, 2.75) is 13.3 Å². The van der Waals surface area contributed by atoms with Crippen LogP contribution in [0.2, 0.25) is 0 Å². The quantitative estimate of drug-likeness (QED) is 0.738. The van der Waals surface area contributed by atoms with Crippen LogP contribution in [0.15, 0.2) is 54.9 Å². The molecule has 26 heavy (non-hydrogen) atoms. The van der Waals surface area contributed by atoms with Crippen LogP contribution in [0.3, 0.4) is 0 Å². The van der Waals surface area contributed by atoms with Gasteiger partial charge in [0, 0.05) is 37.7 Å². The highest BCUT2D eigenvalue weighted by Crippen LogP contribution is 2.21. The van der Waals surface area contributed by atoms with Gasteiger partial charge in [-0.05, 0) is 43.2 Å². The Hall–Kier alpha value is -3.46. The zero-order chi connectivity index (χ0) is 18.4. The molecule has 2 heterocycles. The van der Waals surface area contributed by atoms with Gasteiger partial charge in [0.15, 0.2) is 0 Å². The van der Waals surface area contributed by atoms with Gasteiger partial charge in [0.25, 0.3) is 0 Å². The Labute approximate surface area is 153 Å². The summed E-state index contributed by atoms with van der Waals surface area (Å²) in [5.74, 6) is 1.32. The molecule has 6 heteroatoms. The molecule has 2 aromatic heterocycles. The molecule has 0 aliphatic carbocycles. The lowest BCUT2D eigenvalue weighted by Gasteiger charge is -2.18. The maximum atomic E-state index is 9.24. The van der Waals surface area contributed by atoms with Gasteiger partial charge < -0.3 is 10.2 Å².